The number of piperazine rings is 1. The van der Waals surface area contributed by atoms with Crippen LogP contribution >= 0.6 is 0 Å². The number of hydrogen-bond donors (Lipinski definition) is 1. The highest BCUT2D eigenvalue weighted by molar-refractivity contribution is 7.89. The summed E-state index contributed by atoms with van der Waals surface area (Å²) in [5, 5.41) is 7.92. The van der Waals surface area contributed by atoms with Crippen molar-refractivity contribution in [3.63, 3.8) is 0 Å². The zero-order valence-corrected chi connectivity index (χ0v) is 23.2. The van der Waals surface area contributed by atoms with Gasteiger partial charge >= 0.3 is 0 Å². The second-order valence-electron chi connectivity index (χ2n) is 10.1. The van der Waals surface area contributed by atoms with Gasteiger partial charge in [-0.15, -0.1) is 5.10 Å². The van der Waals surface area contributed by atoms with Crippen LogP contribution in [0.5, 0.6) is 0 Å². The Morgan fingerprint density at radius 3 is 2.50 bits per heavy atom. The summed E-state index contributed by atoms with van der Waals surface area (Å²) >= 11 is 0. The van der Waals surface area contributed by atoms with Crippen molar-refractivity contribution in [2.75, 3.05) is 58.8 Å². The number of anilines is 2. The van der Waals surface area contributed by atoms with Crippen LogP contribution in [0.3, 0.4) is 0 Å². The van der Waals surface area contributed by atoms with Gasteiger partial charge < -0.3 is 15.0 Å². The average molecular weight is 562 g/mol. The molecule has 12 heteroatoms. The van der Waals surface area contributed by atoms with Gasteiger partial charge in [0, 0.05) is 44.5 Å². The summed E-state index contributed by atoms with van der Waals surface area (Å²) in [6.45, 7) is 3.02. The lowest BCUT2D eigenvalue weighted by Crippen LogP contribution is -2.48. The number of ether oxygens (including phenoxy) is 1. The summed E-state index contributed by atoms with van der Waals surface area (Å²) in [7, 11) is 0.172. The fourth-order valence-corrected chi connectivity index (χ4v) is 6.60. The van der Waals surface area contributed by atoms with Gasteiger partial charge in [-0.3, -0.25) is 9.69 Å². The van der Waals surface area contributed by atoms with Crippen LogP contribution in [0.4, 0.5) is 11.6 Å². The highest BCUT2D eigenvalue weighted by Crippen LogP contribution is 2.28. The second kappa shape index (κ2) is 10.6. The predicted molar refractivity (Wildman–Crippen MR) is 151 cm³/mol. The van der Waals surface area contributed by atoms with E-state index >= 15 is 0 Å². The van der Waals surface area contributed by atoms with Gasteiger partial charge in [0.25, 0.3) is 0 Å². The molecular weight excluding hydrogens is 530 g/mol. The maximum absolute atomic E-state index is 13.2. The Hall–Kier alpha value is -3.84. The number of morpholine rings is 1. The van der Waals surface area contributed by atoms with Crippen LogP contribution in [0, 0.1) is 0 Å². The van der Waals surface area contributed by atoms with Gasteiger partial charge in [-0.05, 0) is 49.0 Å². The number of sulfonamides is 1. The third kappa shape index (κ3) is 4.94. The first-order chi connectivity index (χ1) is 19.3. The minimum absolute atomic E-state index is 0.0881. The van der Waals surface area contributed by atoms with E-state index in [-0.39, 0.29) is 16.8 Å². The number of carbonyl (C=O) groups excluding carboxylic acids is 1. The fraction of sp³-hybridized carbons (Fsp3) is 0.321. The molecular formula is C28H31N7O4S. The molecule has 2 aromatic carbocycles. The molecule has 1 atom stereocenters. The summed E-state index contributed by atoms with van der Waals surface area (Å²) < 4.78 is 34.9. The molecule has 2 aliphatic rings. The maximum Gasteiger partial charge on any atom is 0.245 e. The van der Waals surface area contributed by atoms with E-state index in [1.54, 1.807) is 33.8 Å². The molecule has 0 radical (unpaired) electrons. The van der Waals surface area contributed by atoms with Crippen molar-refractivity contribution < 1.29 is 17.9 Å². The van der Waals surface area contributed by atoms with Gasteiger partial charge in [-0.25, -0.2) is 17.9 Å². The molecule has 2 aromatic heterocycles. The van der Waals surface area contributed by atoms with Gasteiger partial charge in [0.15, 0.2) is 0 Å². The van der Waals surface area contributed by atoms with E-state index in [4.69, 9.17) is 4.74 Å². The zero-order valence-electron chi connectivity index (χ0n) is 22.4. The predicted octanol–water partition coefficient (Wildman–Crippen LogP) is 2.61. The minimum Gasteiger partial charge on any atom is -0.379 e. The van der Waals surface area contributed by atoms with E-state index in [9.17, 15) is 13.2 Å². The van der Waals surface area contributed by atoms with Crippen molar-refractivity contribution in [1.82, 2.24) is 28.7 Å². The molecule has 6 rings (SSSR count). The first kappa shape index (κ1) is 26.4. The number of hydrogen-bond acceptors (Lipinski definition) is 8. The van der Waals surface area contributed by atoms with Crippen molar-refractivity contribution in [3.05, 3.63) is 72.4 Å². The first-order valence-corrected chi connectivity index (χ1v) is 14.6. The third-order valence-corrected chi connectivity index (χ3v) is 9.35. The Kier molecular flexibility index (Phi) is 7.00. The number of carbonyl (C=O) groups is 1. The molecule has 2 fully saturated rings. The van der Waals surface area contributed by atoms with Gasteiger partial charge in [0.2, 0.25) is 21.9 Å². The van der Waals surface area contributed by atoms with E-state index < -0.39 is 10.0 Å². The lowest BCUT2D eigenvalue weighted by atomic mass is 10.0. The number of rotatable bonds is 6. The number of fused-ring (bicyclic) bond motifs is 1. The van der Waals surface area contributed by atoms with E-state index in [1.807, 2.05) is 56.6 Å². The van der Waals surface area contributed by atoms with Crippen LogP contribution in [0.15, 0.2) is 71.8 Å². The molecule has 2 aliphatic heterocycles. The van der Waals surface area contributed by atoms with Crippen LogP contribution in [-0.2, 0) is 19.6 Å². The fourth-order valence-electron chi connectivity index (χ4n) is 5.15. The molecule has 0 spiro atoms. The van der Waals surface area contributed by atoms with E-state index in [0.29, 0.717) is 32.3 Å². The zero-order chi connectivity index (χ0) is 27.9. The summed E-state index contributed by atoms with van der Waals surface area (Å²) in [6.07, 6.45) is 1.72. The smallest absolute Gasteiger partial charge is 0.245 e. The Morgan fingerprint density at radius 1 is 0.950 bits per heavy atom. The van der Waals surface area contributed by atoms with Crippen LogP contribution < -0.4 is 5.32 Å². The monoisotopic (exact) mass is 561 g/mol. The summed E-state index contributed by atoms with van der Waals surface area (Å²) in [5.74, 6) is 0.477. The number of benzene rings is 2. The Morgan fingerprint density at radius 2 is 1.73 bits per heavy atom. The summed E-state index contributed by atoms with van der Waals surface area (Å²) in [4.78, 5) is 21.2. The average Bonchev–Trinajstić information content (AvgIpc) is 3.40. The van der Waals surface area contributed by atoms with Crippen LogP contribution in [0.2, 0.25) is 0 Å². The van der Waals surface area contributed by atoms with Crippen LogP contribution in [0.25, 0.3) is 16.8 Å². The molecule has 1 N–H and O–H groups in total. The van der Waals surface area contributed by atoms with Gasteiger partial charge in [0.05, 0.1) is 35.5 Å². The van der Waals surface area contributed by atoms with Crippen molar-refractivity contribution in [2.45, 2.75) is 10.9 Å². The quantitative estimate of drug-likeness (QED) is 0.382. The van der Waals surface area contributed by atoms with Crippen molar-refractivity contribution >= 4 is 33.1 Å². The number of amides is 1. The SMILES string of the molecule is CN1CCN(C)C(c2ccc(Nc3ncc4ccc(-c5cccc(S(=O)(=O)N6CCOCC6)c5)n4n3)cc2)C1=O. The number of nitrogens with one attached hydrogen (secondary N) is 1. The molecule has 4 heterocycles. The largest absolute Gasteiger partial charge is 0.379 e. The number of nitrogens with zero attached hydrogens (tertiary/aromatic N) is 6. The molecule has 1 unspecified atom stereocenters. The minimum atomic E-state index is -3.63. The van der Waals surface area contributed by atoms with Gasteiger partial charge in [-0.1, -0.05) is 24.3 Å². The highest BCUT2D eigenvalue weighted by Gasteiger charge is 2.32. The Labute approximate surface area is 233 Å². The number of aromatic nitrogens is 3. The lowest BCUT2D eigenvalue weighted by Gasteiger charge is -2.37. The van der Waals surface area contributed by atoms with Crippen LogP contribution in [0.1, 0.15) is 11.6 Å². The second-order valence-corrected chi connectivity index (χ2v) is 12.0. The van der Waals surface area contributed by atoms with E-state index in [1.165, 1.54) is 4.31 Å². The van der Waals surface area contributed by atoms with Crippen LogP contribution in [-0.4, -0.2) is 96.5 Å². The first-order valence-electron chi connectivity index (χ1n) is 13.2. The summed E-state index contributed by atoms with van der Waals surface area (Å²) in [5.41, 5.74) is 3.97. The van der Waals surface area contributed by atoms with E-state index in [2.05, 4.69) is 20.3 Å². The normalized spacial score (nSPS) is 19.3. The van der Waals surface area contributed by atoms with Gasteiger partial charge in [0.1, 0.15) is 6.04 Å². The lowest BCUT2D eigenvalue weighted by molar-refractivity contribution is -0.139. The van der Waals surface area contributed by atoms with Crippen molar-refractivity contribution in [3.8, 4) is 11.3 Å². The van der Waals surface area contributed by atoms with Crippen molar-refractivity contribution in [2.24, 2.45) is 0 Å². The molecule has 208 valence electrons. The molecule has 1 amide bonds. The molecule has 2 saturated heterocycles. The Bertz CT molecular complexity index is 1650. The molecule has 0 saturated carbocycles. The van der Waals surface area contributed by atoms with Gasteiger partial charge in [-0.2, -0.15) is 4.31 Å². The maximum atomic E-state index is 13.2. The highest BCUT2D eigenvalue weighted by atomic mass is 32.2. The number of likely N-dealkylation sites (N-methyl/N-ethyl adjacent to an activating group) is 2. The standard InChI is InChI=1S/C28H31N7O4S/c1-32-12-13-33(2)27(36)26(32)20-6-8-22(9-7-20)30-28-29-19-23-10-11-25(35(23)31-28)21-4-3-5-24(18-21)40(37,38)34-14-16-39-17-15-34/h3-11,18-19,26H,12-17H2,1-2H3,(H,30,31). The topological polar surface area (TPSA) is 112 Å². The van der Waals surface area contributed by atoms with Crippen molar-refractivity contribution in [1.29, 1.82) is 0 Å². The third-order valence-electron chi connectivity index (χ3n) is 7.46. The van der Waals surface area contributed by atoms with E-state index in [0.717, 1.165) is 41.1 Å². The molecule has 0 bridgehead atoms. The molecule has 40 heavy (non-hydrogen) atoms. The molecule has 11 nitrogen and oxygen atoms in total. The molecule has 4 aromatic rings. The Balaban J connectivity index is 1.25. The molecule has 0 aliphatic carbocycles. The summed E-state index contributed by atoms with van der Waals surface area (Å²) in [6, 6.07) is 18.1.